The number of hydrogen-bond donors (Lipinski definition) is 0. The Morgan fingerprint density at radius 1 is 0.404 bits per heavy atom. The summed E-state index contributed by atoms with van der Waals surface area (Å²) in [7, 11) is 0. The summed E-state index contributed by atoms with van der Waals surface area (Å²) >= 11 is 0. The lowest BCUT2D eigenvalue weighted by Gasteiger charge is -2.27. The van der Waals surface area contributed by atoms with E-state index < -0.39 is 0 Å². The van der Waals surface area contributed by atoms with Gasteiger partial charge < -0.3 is 18.2 Å². The Kier molecular flexibility index (Phi) is 6.41. The van der Waals surface area contributed by atoms with Gasteiger partial charge in [-0.25, -0.2) is 0 Å². The van der Waals surface area contributed by atoms with Crippen LogP contribution in [0.15, 0.2) is 189 Å². The maximum absolute atomic E-state index is 7.06. The van der Waals surface area contributed by atoms with Crippen LogP contribution in [0.25, 0.3) is 43.7 Å². The average Bonchev–Trinajstić information content (AvgIpc) is 3.94. The highest BCUT2D eigenvalue weighted by atomic mass is 16.3. The van der Waals surface area contributed by atoms with Crippen molar-refractivity contribution < 1.29 is 13.3 Å². The molecule has 0 atom stereocenters. The Hall–Kier alpha value is -6.65. The van der Waals surface area contributed by atoms with Crippen LogP contribution in [0.5, 0.6) is 0 Å². The van der Waals surface area contributed by atoms with Crippen LogP contribution < -0.4 is 38.1 Å². The molecule has 0 fully saturated rings. The van der Waals surface area contributed by atoms with Gasteiger partial charge in [0.05, 0.1) is 17.6 Å². The van der Waals surface area contributed by atoms with E-state index in [0.29, 0.717) is 0 Å². The Balaban J connectivity index is 1.17. The molecule has 0 saturated carbocycles. The number of anilines is 3. The number of furan rings is 3. The molecule has 0 unspecified atom stereocenters. The molecule has 52 heavy (non-hydrogen) atoms. The van der Waals surface area contributed by atoms with Crippen molar-refractivity contribution in [1.82, 2.24) is 0 Å². The topological polar surface area (TPSA) is 42.7 Å². The van der Waals surface area contributed by atoms with E-state index in [0.717, 1.165) is 77.7 Å². The normalized spacial score (nSPS) is 12.5. The second-order valence-corrected chi connectivity index (χ2v) is 13.6. The summed E-state index contributed by atoms with van der Waals surface area (Å²) in [4.78, 5) is 2.29. The first-order chi connectivity index (χ1) is 25.8. The molecular weight excluding hydrogens is 636 g/mol. The van der Waals surface area contributed by atoms with E-state index >= 15 is 0 Å². The van der Waals surface area contributed by atoms with E-state index in [-0.39, 0.29) is 13.4 Å². The van der Waals surface area contributed by atoms with Gasteiger partial charge in [-0.15, -0.1) is 0 Å². The summed E-state index contributed by atoms with van der Waals surface area (Å²) in [5.41, 5.74) is 12.3. The largest absolute Gasteiger partial charge is 0.471 e. The van der Waals surface area contributed by atoms with Gasteiger partial charge in [0.2, 0.25) is 0 Å². The van der Waals surface area contributed by atoms with E-state index in [1.807, 2.05) is 6.07 Å². The third-order valence-electron chi connectivity index (χ3n) is 10.7. The zero-order valence-corrected chi connectivity index (χ0v) is 28.1. The Labute approximate surface area is 300 Å². The number of rotatable bonds is 5. The van der Waals surface area contributed by atoms with Crippen LogP contribution in [0, 0.1) is 0 Å². The first-order valence-electron chi connectivity index (χ1n) is 17.7. The van der Waals surface area contributed by atoms with Crippen LogP contribution in [0.3, 0.4) is 0 Å². The van der Waals surface area contributed by atoms with Crippen LogP contribution in [0.1, 0.15) is 0 Å². The minimum Gasteiger partial charge on any atom is -0.471 e. The molecule has 10 aromatic rings. The molecule has 0 aliphatic carbocycles. The Morgan fingerprint density at radius 3 is 1.79 bits per heavy atom. The summed E-state index contributed by atoms with van der Waals surface area (Å²) < 4.78 is 20.0. The second-order valence-electron chi connectivity index (χ2n) is 13.6. The predicted molar refractivity (Wildman–Crippen MR) is 217 cm³/mol. The van der Waals surface area contributed by atoms with Crippen molar-refractivity contribution in [2.45, 2.75) is 0 Å². The highest BCUT2D eigenvalue weighted by molar-refractivity contribution is 7.12. The molecule has 0 saturated heterocycles. The molecule has 0 radical (unpaired) electrons. The average molecular weight is 665 g/mol. The minimum atomic E-state index is -0.216. The third-order valence-corrected chi connectivity index (χ3v) is 10.7. The van der Waals surface area contributed by atoms with Gasteiger partial charge in [-0.1, -0.05) is 120 Å². The lowest BCUT2D eigenvalue weighted by molar-refractivity contribution is 0.615. The number of para-hydroxylation sites is 3. The van der Waals surface area contributed by atoms with Crippen LogP contribution in [0.4, 0.5) is 17.1 Å². The molecule has 0 amide bonds. The molecule has 4 nitrogen and oxygen atoms in total. The van der Waals surface area contributed by atoms with Crippen molar-refractivity contribution in [2.75, 3.05) is 4.90 Å². The summed E-state index contributed by atoms with van der Waals surface area (Å²) in [6, 6.07) is 59.9. The summed E-state index contributed by atoms with van der Waals surface area (Å²) in [6.07, 6.45) is 1.77. The van der Waals surface area contributed by atoms with Crippen molar-refractivity contribution in [3.05, 3.63) is 176 Å². The lowest BCUT2D eigenvalue weighted by Crippen LogP contribution is -2.73. The van der Waals surface area contributed by atoms with Crippen molar-refractivity contribution in [1.29, 1.82) is 0 Å². The quantitative estimate of drug-likeness (QED) is 0.176. The van der Waals surface area contributed by atoms with Gasteiger partial charge >= 0.3 is 0 Å². The highest BCUT2D eigenvalue weighted by Gasteiger charge is 2.47. The Bertz CT molecular complexity index is 2890. The van der Waals surface area contributed by atoms with Crippen molar-refractivity contribution in [3.63, 3.8) is 0 Å². The summed E-state index contributed by atoms with van der Waals surface area (Å²) in [5.74, 6) is 0. The molecule has 0 bridgehead atoms. The molecule has 242 valence electrons. The number of fused-ring (bicyclic) bond motifs is 9. The molecule has 0 N–H and O–H groups in total. The maximum atomic E-state index is 7.06. The zero-order valence-electron chi connectivity index (χ0n) is 28.1. The monoisotopic (exact) mass is 665 g/mol. The maximum Gasteiger partial charge on any atom is 0.290 e. The number of nitrogens with zero attached hydrogens (tertiary/aromatic N) is 1. The molecule has 0 spiro atoms. The van der Waals surface area contributed by atoms with Crippen LogP contribution >= 0.6 is 0 Å². The van der Waals surface area contributed by atoms with Crippen molar-refractivity contribution in [3.8, 4) is 0 Å². The van der Waals surface area contributed by atoms with Gasteiger partial charge in [0, 0.05) is 33.2 Å². The van der Waals surface area contributed by atoms with E-state index in [4.69, 9.17) is 13.3 Å². The Morgan fingerprint density at radius 2 is 1.00 bits per heavy atom. The van der Waals surface area contributed by atoms with E-state index in [9.17, 15) is 0 Å². The second kappa shape index (κ2) is 11.4. The molecule has 3 aromatic heterocycles. The fourth-order valence-electron chi connectivity index (χ4n) is 8.48. The SMILES string of the molecule is c1ccc(N(c2ccccc2)c2ccc(B3c4oc5ccccc5c4B(c4ccc5ccccc5c4)c4oc5ccc6occc6c5c43)cc2)cc1. The van der Waals surface area contributed by atoms with Gasteiger partial charge in [-0.05, 0) is 82.4 Å². The van der Waals surface area contributed by atoms with Gasteiger partial charge in [0.25, 0.3) is 13.4 Å². The van der Waals surface area contributed by atoms with Gasteiger partial charge in [-0.3, -0.25) is 0 Å². The molecular formula is C46H29B2NO3. The molecule has 4 heterocycles. The van der Waals surface area contributed by atoms with E-state index in [1.165, 1.54) is 16.2 Å². The first kappa shape index (κ1) is 29.1. The minimum absolute atomic E-state index is 0.171. The lowest BCUT2D eigenvalue weighted by atomic mass is 9.24. The van der Waals surface area contributed by atoms with Crippen molar-refractivity contribution in [2.24, 2.45) is 0 Å². The number of hydrogen-bond acceptors (Lipinski definition) is 4. The third kappa shape index (κ3) is 4.37. The molecule has 1 aliphatic heterocycles. The fraction of sp³-hybridized carbons (Fsp3) is 0. The zero-order chi connectivity index (χ0) is 34.2. The highest BCUT2D eigenvalue weighted by Crippen LogP contribution is 2.34. The first-order valence-corrected chi connectivity index (χ1v) is 17.7. The van der Waals surface area contributed by atoms with Gasteiger partial charge in [0.15, 0.2) is 0 Å². The molecule has 1 aliphatic rings. The predicted octanol–water partition coefficient (Wildman–Crippen LogP) is 7.89. The van der Waals surface area contributed by atoms with Gasteiger partial charge in [-0.2, -0.15) is 0 Å². The van der Waals surface area contributed by atoms with Crippen LogP contribution in [-0.4, -0.2) is 13.4 Å². The van der Waals surface area contributed by atoms with E-state index in [2.05, 4.69) is 169 Å². The van der Waals surface area contributed by atoms with Crippen molar-refractivity contribution >= 4 is 107 Å². The molecule has 6 heteroatoms. The summed E-state index contributed by atoms with van der Waals surface area (Å²) in [6.45, 7) is -0.387. The summed E-state index contributed by atoms with van der Waals surface area (Å²) in [5, 5.41) is 5.63. The molecule has 7 aromatic carbocycles. The smallest absolute Gasteiger partial charge is 0.290 e. The van der Waals surface area contributed by atoms with E-state index in [1.54, 1.807) is 6.26 Å². The van der Waals surface area contributed by atoms with Crippen LogP contribution in [-0.2, 0) is 0 Å². The fourth-order valence-corrected chi connectivity index (χ4v) is 8.48. The molecule has 11 rings (SSSR count). The van der Waals surface area contributed by atoms with Gasteiger partial charge in [0.1, 0.15) is 16.7 Å². The van der Waals surface area contributed by atoms with Crippen LogP contribution in [0.2, 0.25) is 0 Å². The standard InChI is InChI=1S/C46H29B2NO3/c1-3-13-34(14-4-1)49(35-15-5-2-6-16-35)36-23-21-32(22-24-36)47-44-42-37-27-28-50-39(37)25-26-41(42)52-46(44)48(33-20-19-30-11-7-8-12-31(30)29-33)43-38-17-9-10-18-40(38)51-45(43)47/h1-29H. The number of benzene rings is 7.